The Bertz CT molecular complexity index is 871. The van der Waals surface area contributed by atoms with Crippen LogP contribution < -0.4 is 5.32 Å². The Morgan fingerprint density at radius 2 is 1.85 bits per heavy atom. The van der Waals surface area contributed by atoms with Crippen molar-refractivity contribution < 1.29 is 14.3 Å². The van der Waals surface area contributed by atoms with Crippen LogP contribution in [0.1, 0.15) is 72.3 Å². The molecule has 0 unspecified atom stereocenters. The van der Waals surface area contributed by atoms with Crippen LogP contribution in [0.15, 0.2) is 36.4 Å². The topological polar surface area (TPSA) is 58.6 Å². The Labute approximate surface area is 206 Å². The van der Waals surface area contributed by atoms with Crippen molar-refractivity contribution in [3.05, 3.63) is 42.0 Å². The van der Waals surface area contributed by atoms with Crippen molar-refractivity contribution in [1.82, 2.24) is 10.2 Å². The standard InChI is InChI=1S/C29H44N2O3/c1-21(2)26(32)34-29(15-18-31(6)17-10-16-30-27(33)28(3,4)5)20-23-13-14-24(29)19-25(23)22-11-8-7-9-12-22/h7-9,11-12,19,21,23-24H,10,13-18,20H2,1-6H3,(H,30,33)/t23-,24-,29+/m1/s1. The van der Waals surface area contributed by atoms with Crippen molar-refractivity contribution in [2.45, 2.75) is 72.3 Å². The van der Waals surface area contributed by atoms with Gasteiger partial charge >= 0.3 is 5.97 Å². The van der Waals surface area contributed by atoms with Crippen LogP contribution in [-0.4, -0.2) is 49.1 Å². The molecule has 0 spiro atoms. The number of amides is 1. The van der Waals surface area contributed by atoms with Crippen molar-refractivity contribution in [3.63, 3.8) is 0 Å². The van der Waals surface area contributed by atoms with Gasteiger partial charge in [-0.2, -0.15) is 0 Å². The lowest BCUT2D eigenvalue weighted by atomic mass is 9.60. The summed E-state index contributed by atoms with van der Waals surface area (Å²) in [6, 6.07) is 10.7. The third-order valence-electron chi connectivity index (χ3n) is 7.40. The first-order chi connectivity index (χ1) is 16.0. The van der Waals surface area contributed by atoms with Gasteiger partial charge in [0.1, 0.15) is 5.60 Å². The highest BCUT2D eigenvalue weighted by atomic mass is 16.6. The fraction of sp³-hybridized carbons (Fsp3) is 0.655. The molecule has 188 valence electrons. The molecule has 0 aliphatic heterocycles. The van der Waals surface area contributed by atoms with Gasteiger partial charge in [0, 0.05) is 30.8 Å². The summed E-state index contributed by atoms with van der Waals surface area (Å²) >= 11 is 0. The number of hydrogen-bond donors (Lipinski definition) is 1. The first-order valence-corrected chi connectivity index (χ1v) is 13.0. The Morgan fingerprint density at radius 3 is 2.44 bits per heavy atom. The fourth-order valence-electron chi connectivity index (χ4n) is 5.21. The summed E-state index contributed by atoms with van der Waals surface area (Å²) in [5.74, 6) is 0.572. The van der Waals surface area contributed by atoms with Gasteiger partial charge < -0.3 is 15.0 Å². The molecule has 0 heterocycles. The normalized spacial score (nSPS) is 24.3. The molecule has 0 saturated heterocycles. The molecule has 1 amide bonds. The quantitative estimate of drug-likeness (QED) is 0.373. The van der Waals surface area contributed by atoms with Crippen LogP contribution in [0.25, 0.3) is 5.57 Å². The minimum atomic E-state index is -0.419. The average molecular weight is 469 g/mol. The van der Waals surface area contributed by atoms with Crippen LogP contribution in [0.5, 0.6) is 0 Å². The number of nitrogens with zero attached hydrogens (tertiary/aromatic N) is 1. The van der Waals surface area contributed by atoms with E-state index in [1.54, 1.807) is 0 Å². The van der Waals surface area contributed by atoms with Crippen molar-refractivity contribution in [2.24, 2.45) is 23.2 Å². The summed E-state index contributed by atoms with van der Waals surface area (Å²) < 4.78 is 6.34. The monoisotopic (exact) mass is 468 g/mol. The highest BCUT2D eigenvalue weighted by Crippen LogP contribution is 2.53. The lowest BCUT2D eigenvalue weighted by Crippen LogP contribution is -2.51. The number of carbonyl (C=O) groups excluding carboxylic acids is 2. The summed E-state index contributed by atoms with van der Waals surface area (Å²) in [5, 5.41) is 3.03. The van der Waals surface area contributed by atoms with Gasteiger partial charge in [-0.25, -0.2) is 0 Å². The molecular formula is C29H44N2O3. The Morgan fingerprint density at radius 1 is 1.15 bits per heavy atom. The van der Waals surface area contributed by atoms with E-state index < -0.39 is 5.60 Å². The van der Waals surface area contributed by atoms with Gasteiger partial charge in [-0.15, -0.1) is 0 Å². The highest BCUT2D eigenvalue weighted by Gasteiger charge is 2.50. The largest absolute Gasteiger partial charge is 0.458 e. The lowest BCUT2D eigenvalue weighted by Gasteiger charge is -2.50. The molecule has 5 nitrogen and oxygen atoms in total. The summed E-state index contributed by atoms with van der Waals surface area (Å²) in [4.78, 5) is 27.1. The maximum Gasteiger partial charge on any atom is 0.308 e. The van der Waals surface area contributed by atoms with E-state index >= 15 is 0 Å². The van der Waals surface area contributed by atoms with Crippen molar-refractivity contribution in [2.75, 3.05) is 26.7 Å². The summed E-state index contributed by atoms with van der Waals surface area (Å²) in [5.41, 5.74) is 1.95. The molecule has 2 bridgehead atoms. The van der Waals surface area contributed by atoms with Gasteiger partial charge in [0.05, 0.1) is 5.92 Å². The Balaban J connectivity index is 1.64. The van der Waals surface area contributed by atoms with Gasteiger partial charge in [-0.3, -0.25) is 9.59 Å². The van der Waals surface area contributed by atoms with Gasteiger partial charge in [-0.05, 0) is 56.3 Å². The van der Waals surface area contributed by atoms with E-state index in [0.29, 0.717) is 12.5 Å². The molecule has 3 atom stereocenters. The van der Waals surface area contributed by atoms with E-state index in [2.05, 4.69) is 53.7 Å². The minimum Gasteiger partial charge on any atom is -0.458 e. The zero-order chi connectivity index (χ0) is 24.9. The van der Waals surface area contributed by atoms with E-state index in [1.807, 2.05) is 34.6 Å². The SMILES string of the molecule is CC(C)C(=O)O[C@@]1(CCN(C)CCCNC(=O)C(C)(C)C)C[C@H]2CC[C@@H]1C=C2c1ccccc1. The third kappa shape index (κ3) is 6.50. The van der Waals surface area contributed by atoms with Crippen LogP contribution in [-0.2, 0) is 14.3 Å². The predicted octanol–water partition coefficient (Wildman–Crippen LogP) is 5.31. The van der Waals surface area contributed by atoms with Crippen molar-refractivity contribution in [1.29, 1.82) is 0 Å². The molecule has 1 saturated carbocycles. The van der Waals surface area contributed by atoms with Crippen LogP contribution in [0.2, 0.25) is 0 Å². The second kappa shape index (κ2) is 11.1. The van der Waals surface area contributed by atoms with Gasteiger partial charge in [0.15, 0.2) is 0 Å². The number of carbonyl (C=O) groups is 2. The Hall–Kier alpha value is -2.14. The predicted molar refractivity (Wildman–Crippen MR) is 138 cm³/mol. The van der Waals surface area contributed by atoms with Crippen molar-refractivity contribution >= 4 is 17.4 Å². The van der Waals surface area contributed by atoms with Gasteiger partial charge in [0.2, 0.25) is 5.91 Å². The first kappa shape index (κ1) is 26.5. The number of fused-ring (bicyclic) bond motifs is 2. The number of ether oxygens (including phenoxy) is 1. The highest BCUT2D eigenvalue weighted by molar-refractivity contribution is 5.81. The number of nitrogens with one attached hydrogen (secondary N) is 1. The summed E-state index contributed by atoms with van der Waals surface area (Å²) in [6.45, 7) is 12.1. The molecule has 1 N–H and O–H groups in total. The molecule has 1 aromatic carbocycles. The van der Waals surface area contributed by atoms with E-state index in [0.717, 1.165) is 45.2 Å². The molecule has 5 heteroatoms. The smallest absolute Gasteiger partial charge is 0.308 e. The number of rotatable bonds is 10. The third-order valence-corrected chi connectivity index (χ3v) is 7.40. The van der Waals surface area contributed by atoms with Crippen LogP contribution in [0.4, 0.5) is 0 Å². The van der Waals surface area contributed by atoms with E-state index in [1.165, 1.54) is 11.1 Å². The summed E-state index contributed by atoms with van der Waals surface area (Å²) in [7, 11) is 2.12. The maximum absolute atomic E-state index is 12.7. The number of benzene rings is 1. The van der Waals surface area contributed by atoms with E-state index in [4.69, 9.17) is 4.74 Å². The van der Waals surface area contributed by atoms with E-state index in [9.17, 15) is 9.59 Å². The zero-order valence-corrected chi connectivity index (χ0v) is 22.0. The molecule has 0 aromatic heterocycles. The number of hydrogen-bond acceptors (Lipinski definition) is 4. The average Bonchev–Trinajstić information content (AvgIpc) is 2.80. The molecule has 3 aliphatic carbocycles. The first-order valence-electron chi connectivity index (χ1n) is 13.0. The molecule has 34 heavy (non-hydrogen) atoms. The lowest BCUT2D eigenvalue weighted by molar-refractivity contribution is -0.176. The van der Waals surface area contributed by atoms with Crippen LogP contribution in [0, 0.1) is 23.2 Å². The van der Waals surface area contributed by atoms with Crippen LogP contribution in [0.3, 0.4) is 0 Å². The second-order valence-corrected chi connectivity index (χ2v) is 11.6. The molecule has 1 aromatic rings. The van der Waals surface area contributed by atoms with E-state index in [-0.39, 0.29) is 29.1 Å². The number of allylic oxidation sites excluding steroid dienone is 1. The second-order valence-electron chi connectivity index (χ2n) is 11.6. The van der Waals surface area contributed by atoms with Gasteiger partial charge in [0.25, 0.3) is 0 Å². The zero-order valence-electron chi connectivity index (χ0n) is 22.0. The molecule has 0 radical (unpaired) electrons. The summed E-state index contributed by atoms with van der Waals surface area (Å²) in [6.07, 6.45) is 7.30. The minimum absolute atomic E-state index is 0.0882. The Kier molecular flexibility index (Phi) is 8.62. The molecule has 4 rings (SSSR count). The molecular weight excluding hydrogens is 424 g/mol. The van der Waals surface area contributed by atoms with Crippen LogP contribution >= 0.6 is 0 Å². The van der Waals surface area contributed by atoms with Gasteiger partial charge in [-0.1, -0.05) is 71.0 Å². The maximum atomic E-state index is 12.7. The number of esters is 1. The molecule has 3 aliphatic rings. The fourth-order valence-corrected chi connectivity index (χ4v) is 5.21. The van der Waals surface area contributed by atoms with Crippen molar-refractivity contribution in [3.8, 4) is 0 Å². The molecule has 1 fully saturated rings.